The first kappa shape index (κ1) is 13.4. The highest BCUT2D eigenvalue weighted by molar-refractivity contribution is 9.10. The third-order valence-corrected chi connectivity index (χ3v) is 3.65. The number of nitrogens with zero attached hydrogens (tertiary/aromatic N) is 1. The zero-order valence-electron chi connectivity index (χ0n) is 10.2. The summed E-state index contributed by atoms with van der Waals surface area (Å²) in [7, 11) is 0. The molecule has 0 aliphatic carbocycles. The van der Waals surface area contributed by atoms with E-state index in [9.17, 15) is 0 Å². The van der Waals surface area contributed by atoms with Gasteiger partial charge in [0.1, 0.15) is 5.82 Å². The maximum Gasteiger partial charge on any atom is 0.140 e. The summed E-state index contributed by atoms with van der Waals surface area (Å²) >= 11 is 9.69. The predicted octanol–water partition coefficient (Wildman–Crippen LogP) is 4.98. The van der Waals surface area contributed by atoms with Crippen molar-refractivity contribution in [3.05, 3.63) is 57.2 Å². The smallest absolute Gasteiger partial charge is 0.140 e. The van der Waals surface area contributed by atoms with E-state index >= 15 is 0 Å². The lowest BCUT2D eigenvalue weighted by Crippen LogP contribution is -2.09. The number of anilines is 1. The monoisotopic (exact) mass is 324 g/mol. The van der Waals surface area contributed by atoms with Crippen LogP contribution < -0.4 is 5.32 Å². The topological polar surface area (TPSA) is 24.9 Å². The zero-order valence-corrected chi connectivity index (χ0v) is 12.6. The SMILES string of the molecule is Cc1cnc(NC(C)c2ccccc2Cl)c(Br)c1. The molecule has 2 aromatic rings. The first-order valence-electron chi connectivity index (χ1n) is 5.71. The van der Waals surface area contributed by atoms with Crippen molar-refractivity contribution in [1.29, 1.82) is 0 Å². The molecule has 0 fully saturated rings. The number of nitrogens with one attached hydrogen (secondary N) is 1. The Balaban J connectivity index is 2.21. The Labute approximate surface area is 121 Å². The van der Waals surface area contributed by atoms with Gasteiger partial charge >= 0.3 is 0 Å². The van der Waals surface area contributed by atoms with Crippen LogP contribution in [0, 0.1) is 6.92 Å². The van der Waals surface area contributed by atoms with Crippen LogP contribution in [-0.4, -0.2) is 4.98 Å². The van der Waals surface area contributed by atoms with E-state index < -0.39 is 0 Å². The minimum absolute atomic E-state index is 0.102. The molecule has 0 amide bonds. The van der Waals surface area contributed by atoms with Crippen LogP contribution >= 0.6 is 27.5 Å². The fourth-order valence-corrected chi connectivity index (χ4v) is 2.63. The molecular weight excluding hydrogens is 312 g/mol. The fourth-order valence-electron chi connectivity index (χ4n) is 1.75. The van der Waals surface area contributed by atoms with Gasteiger partial charge in [0.05, 0.1) is 10.5 Å². The minimum atomic E-state index is 0.102. The molecule has 0 spiro atoms. The van der Waals surface area contributed by atoms with Gasteiger partial charge in [-0.1, -0.05) is 29.8 Å². The van der Waals surface area contributed by atoms with Crippen LogP contribution in [0.15, 0.2) is 41.0 Å². The largest absolute Gasteiger partial charge is 0.363 e. The Bertz CT molecular complexity index is 557. The molecule has 0 aliphatic heterocycles. The summed E-state index contributed by atoms with van der Waals surface area (Å²) in [4.78, 5) is 4.37. The number of aromatic nitrogens is 1. The molecule has 1 unspecified atom stereocenters. The number of hydrogen-bond donors (Lipinski definition) is 1. The standard InChI is InChI=1S/C14H14BrClN2/c1-9-7-12(15)14(17-8-9)18-10(2)11-5-3-4-6-13(11)16/h3-8,10H,1-2H3,(H,17,18). The van der Waals surface area contributed by atoms with Gasteiger partial charge in [-0.05, 0) is 53.0 Å². The summed E-state index contributed by atoms with van der Waals surface area (Å²) in [5.41, 5.74) is 2.19. The second kappa shape index (κ2) is 5.72. The Hall–Kier alpha value is -1.06. The second-order valence-corrected chi connectivity index (χ2v) is 5.49. The summed E-state index contributed by atoms with van der Waals surface area (Å²) in [5.74, 6) is 0.827. The van der Waals surface area contributed by atoms with Crippen LogP contribution in [0.2, 0.25) is 5.02 Å². The number of halogens is 2. The summed E-state index contributed by atoms with van der Waals surface area (Å²) in [6.07, 6.45) is 1.84. The van der Waals surface area contributed by atoms with Gasteiger partial charge < -0.3 is 5.32 Å². The van der Waals surface area contributed by atoms with Crippen molar-refractivity contribution < 1.29 is 0 Å². The lowest BCUT2D eigenvalue weighted by atomic mass is 10.1. The van der Waals surface area contributed by atoms with Crippen molar-refractivity contribution in [2.24, 2.45) is 0 Å². The van der Waals surface area contributed by atoms with Crippen molar-refractivity contribution in [2.45, 2.75) is 19.9 Å². The molecule has 2 rings (SSSR count). The maximum atomic E-state index is 6.18. The summed E-state index contributed by atoms with van der Waals surface area (Å²) in [6.45, 7) is 4.08. The number of rotatable bonds is 3. The Kier molecular flexibility index (Phi) is 4.25. The molecule has 1 atom stereocenters. The molecule has 4 heteroatoms. The summed E-state index contributed by atoms with van der Waals surface area (Å²) in [6, 6.07) is 9.96. The molecule has 2 nitrogen and oxygen atoms in total. The third kappa shape index (κ3) is 3.03. The molecule has 1 aromatic carbocycles. The van der Waals surface area contributed by atoms with Crippen LogP contribution in [0.5, 0.6) is 0 Å². The molecular formula is C14H14BrClN2. The minimum Gasteiger partial charge on any atom is -0.363 e. The van der Waals surface area contributed by atoms with E-state index in [1.54, 1.807) is 0 Å². The van der Waals surface area contributed by atoms with Gasteiger partial charge in [-0.2, -0.15) is 0 Å². The van der Waals surface area contributed by atoms with E-state index in [1.165, 1.54) is 0 Å². The van der Waals surface area contributed by atoms with E-state index in [4.69, 9.17) is 11.6 Å². The van der Waals surface area contributed by atoms with E-state index in [-0.39, 0.29) is 6.04 Å². The highest BCUT2D eigenvalue weighted by Crippen LogP contribution is 2.28. The number of pyridine rings is 1. The van der Waals surface area contributed by atoms with Gasteiger partial charge in [0.25, 0.3) is 0 Å². The van der Waals surface area contributed by atoms with Crippen molar-refractivity contribution in [3.8, 4) is 0 Å². The van der Waals surface area contributed by atoms with Crippen LogP contribution in [0.1, 0.15) is 24.1 Å². The Morgan fingerprint density at radius 2 is 2.06 bits per heavy atom. The number of hydrogen-bond acceptors (Lipinski definition) is 2. The van der Waals surface area contributed by atoms with Crippen LogP contribution in [0.4, 0.5) is 5.82 Å². The van der Waals surface area contributed by atoms with Crippen LogP contribution in [0.25, 0.3) is 0 Å². The quantitative estimate of drug-likeness (QED) is 0.861. The normalized spacial score (nSPS) is 12.2. The maximum absolute atomic E-state index is 6.18. The molecule has 1 aromatic heterocycles. The van der Waals surface area contributed by atoms with Gasteiger partial charge in [0.15, 0.2) is 0 Å². The van der Waals surface area contributed by atoms with Crippen molar-refractivity contribution in [1.82, 2.24) is 4.98 Å². The third-order valence-electron chi connectivity index (χ3n) is 2.70. The fraction of sp³-hybridized carbons (Fsp3) is 0.214. The Morgan fingerprint density at radius 1 is 1.33 bits per heavy atom. The molecule has 0 bridgehead atoms. The highest BCUT2D eigenvalue weighted by atomic mass is 79.9. The molecule has 0 radical (unpaired) electrons. The van der Waals surface area contributed by atoms with Gasteiger partial charge in [0.2, 0.25) is 0 Å². The van der Waals surface area contributed by atoms with Crippen LogP contribution in [0.3, 0.4) is 0 Å². The summed E-state index contributed by atoms with van der Waals surface area (Å²) in [5, 5.41) is 4.12. The molecule has 0 aliphatic rings. The summed E-state index contributed by atoms with van der Waals surface area (Å²) < 4.78 is 0.960. The predicted molar refractivity (Wildman–Crippen MR) is 80.2 cm³/mol. The lowest BCUT2D eigenvalue weighted by Gasteiger charge is -2.17. The van der Waals surface area contributed by atoms with Crippen molar-refractivity contribution >= 4 is 33.3 Å². The van der Waals surface area contributed by atoms with Gasteiger partial charge in [0, 0.05) is 11.2 Å². The molecule has 0 saturated carbocycles. The average molecular weight is 326 g/mol. The number of aryl methyl sites for hydroxylation is 1. The van der Waals surface area contributed by atoms with E-state index in [0.717, 1.165) is 26.4 Å². The van der Waals surface area contributed by atoms with Gasteiger partial charge in [-0.3, -0.25) is 0 Å². The number of benzene rings is 1. The first-order valence-corrected chi connectivity index (χ1v) is 6.88. The van der Waals surface area contributed by atoms with Crippen LogP contribution in [-0.2, 0) is 0 Å². The van der Waals surface area contributed by atoms with E-state index in [0.29, 0.717) is 0 Å². The molecule has 18 heavy (non-hydrogen) atoms. The molecule has 0 saturated heterocycles. The van der Waals surface area contributed by atoms with Gasteiger partial charge in [-0.15, -0.1) is 0 Å². The highest BCUT2D eigenvalue weighted by Gasteiger charge is 2.11. The molecule has 94 valence electrons. The van der Waals surface area contributed by atoms with E-state index in [2.05, 4.69) is 33.2 Å². The van der Waals surface area contributed by atoms with E-state index in [1.807, 2.05) is 43.5 Å². The molecule has 1 N–H and O–H groups in total. The second-order valence-electron chi connectivity index (χ2n) is 4.23. The first-order chi connectivity index (χ1) is 8.58. The molecule has 1 heterocycles. The van der Waals surface area contributed by atoms with Crippen molar-refractivity contribution in [3.63, 3.8) is 0 Å². The van der Waals surface area contributed by atoms with Crippen molar-refractivity contribution in [2.75, 3.05) is 5.32 Å². The van der Waals surface area contributed by atoms with Gasteiger partial charge in [-0.25, -0.2) is 4.98 Å². The zero-order chi connectivity index (χ0) is 13.1. The Morgan fingerprint density at radius 3 is 2.72 bits per heavy atom. The lowest BCUT2D eigenvalue weighted by molar-refractivity contribution is 0.872. The average Bonchev–Trinajstić information content (AvgIpc) is 2.33.